The number of nitrogens with one attached hydrogen (secondary N) is 2. The molecule has 2 N–H and O–H groups in total. The highest BCUT2D eigenvalue weighted by Crippen LogP contribution is 2.48. The smallest absolute Gasteiger partial charge is 0.191 e. The molecule has 0 aromatic carbocycles. The van der Waals surface area contributed by atoms with Gasteiger partial charge in [-0.3, -0.25) is 4.99 Å². The van der Waals surface area contributed by atoms with Crippen molar-refractivity contribution < 1.29 is 0 Å². The molecule has 4 heteroatoms. The van der Waals surface area contributed by atoms with Gasteiger partial charge < -0.3 is 15.5 Å². The molecule has 0 spiro atoms. The summed E-state index contributed by atoms with van der Waals surface area (Å²) in [6.45, 7) is 3.67. The fourth-order valence-corrected chi connectivity index (χ4v) is 5.22. The van der Waals surface area contributed by atoms with Gasteiger partial charge in [-0.15, -0.1) is 0 Å². The molecule has 0 amide bonds. The van der Waals surface area contributed by atoms with Crippen LogP contribution in [0.4, 0.5) is 0 Å². The standard InChI is InChI=1S/C21H38N4/c1-22-21(23-15-20(16-7-8-16)17-9-10-17)24-18-11-13-25(14-12-18)19-5-3-2-4-6-19/h16-20H,2-15H2,1H3,(H2,22,23,24). The van der Waals surface area contributed by atoms with Crippen LogP contribution in [-0.2, 0) is 0 Å². The molecule has 4 aliphatic rings. The number of aliphatic imine (C=N–C) groups is 1. The topological polar surface area (TPSA) is 39.7 Å². The van der Waals surface area contributed by atoms with Gasteiger partial charge in [0.05, 0.1) is 0 Å². The maximum absolute atomic E-state index is 4.50. The van der Waals surface area contributed by atoms with Crippen LogP contribution in [0.3, 0.4) is 0 Å². The molecule has 1 aliphatic heterocycles. The minimum atomic E-state index is 0.603. The SMILES string of the molecule is CN=C(NCC(C1CC1)C1CC1)NC1CCN(C2CCCCC2)CC1. The summed E-state index contributed by atoms with van der Waals surface area (Å²) in [5, 5.41) is 7.37. The molecule has 3 aliphatic carbocycles. The highest BCUT2D eigenvalue weighted by molar-refractivity contribution is 5.80. The molecule has 3 saturated carbocycles. The Kier molecular flexibility index (Phi) is 5.84. The maximum atomic E-state index is 4.50. The van der Waals surface area contributed by atoms with E-state index >= 15 is 0 Å². The Morgan fingerprint density at radius 1 is 0.920 bits per heavy atom. The predicted molar refractivity (Wildman–Crippen MR) is 105 cm³/mol. The number of rotatable bonds is 6. The molecule has 0 unspecified atom stereocenters. The van der Waals surface area contributed by atoms with Crippen molar-refractivity contribution >= 4 is 5.96 Å². The van der Waals surface area contributed by atoms with Crippen molar-refractivity contribution in [3.63, 3.8) is 0 Å². The van der Waals surface area contributed by atoms with E-state index in [9.17, 15) is 0 Å². The van der Waals surface area contributed by atoms with Crippen LogP contribution in [0.2, 0.25) is 0 Å². The van der Waals surface area contributed by atoms with Crippen LogP contribution in [0.25, 0.3) is 0 Å². The van der Waals surface area contributed by atoms with E-state index in [1.54, 1.807) is 0 Å². The van der Waals surface area contributed by atoms with Crippen molar-refractivity contribution in [3.05, 3.63) is 0 Å². The van der Waals surface area contributed by atoms with E-state index < -0.39 is 0 Å². The van der Waals surface area contributed by atoms with Crippen molar-refractivity contribution in [1.82, 2.24) is 15.5 Å². The second-order valence-electron chi connectivity index (χ2n) is 9.04. The number of hydrogen-bond donors (Lipinski definition) is 2. The van der Waals surface area contributed by atoms with Gasteiger partial charge in [-0.1, -0.05) is 19.3 Å². The lowest BCUT2D eigenvalue weighted by molar-refractivity contribution is 0.119. The normalized spacial score (nSPS) is 27.7. The molecule has 1 heterocycles. The van der Waals surface area contributed by atoms with Gasteiger partial charge in [-0.05, 0) is 69.1 Å². The lowest BCUT2D eigenvalue weighted by atomic mass is 9.92. The van der Waals surface area contributed by atoms with E-state index in [-0.39, 0.29) is 0 Å². The van der Waals surface area contributed by atoms with Crippen LogP contribution in [0, 0.1) is 17.8 Å². The average molecular weight is 347 g/mol. The molecule has 4 nitrogen and oxygen atoms in total. The molecule has 0 radical (unpaired) electrons. The zero-order chi connectivity index (χ0) is 17.1. The fourth-order valence-electron chi connectivity index (χ4n) is 5.22. The number of piperidine rings is 1. The molecule has 4 fully saturated rings. The number of guanidine groups is 1. The zero-order valence-corrected chi connectivity index (χ0v) is 16.2. The van der Waals surface area contributed by atoms with Crippen LogP contribution < -0.4 is 10.6 Å². The van der Waals surface area contributed by atoms with Gasteiger partial charge in [-0.2, -0.15) is 0 Å². The number of hydrogen-bond acceptors (Lipinski definition) is 2. The quantitative estimate of drug-likeness (QED) is 0.572. The molecule has 142 valence electrons. The summed E-state index contributed by atoms with van der Waals surface area (Å²) in [5.41, 5.74) is 0. The van der Waals surface area contributed by atoms with Crippen molar-refractivity contribution in [2.45, 2.75) is 82.7 Å². The predicted octanol–water partition coefficient (Wildman–Crippen LogP) is 3.38. The largest absolute Gasteiger partial charge is 0.356 e. The molecular weight excluding hydrogens is 308 g/mol. The summed E-state index contributed by atoms with van der Waals surface area (Å²) in [6.07, 6.45) is 15.6. The zero-order valence-electron chi connectivity index (χ0n) is 16.2. The van der Waals surface area contributed by atoms with E-state index in [0.29, 0.717) is 6.04 Å². The highest BCUT2D eigenvalue weighted by atomic mass is 15.2. The van der Waals surface area contributed by atoms with Gasteiger partial charge in [-0.25, -0.2) is 0 Å². The first-order valence-electron chi connectivity index (χ1n) is 11.0. The van der Waals surface area contributed by atoms with Crippen LogP contribution in [-0.4, -0.2) is 49.6 Å². The Bertz CT molecular complexity index is 429. The third-order valence-corrected chi connectivity index (χ3v) is 7.15. The molecule has 0 atom stereocenters. The first-order valence-corrected chi connectivity index (χ1v) is 11.0. The molecular formula is C21H38N4. The summed E-state index contributed by atoms with van der Waals surface area (Å²) in [4.78, 5) is 7.27. The molecule has 1 saturated heterocycles. The summed E-state index contributed by atoms with van der Waals surface area (Å²) >= 11 is 0. The monoisotopic (exact) mass is 346 g/mol. The Hall–Kier alpha value is -0.770. The van der Waals surface area contributed by atoms with Crippen molar-refractivity contribution in [3.8, 4) is 0 Å². The molecule has 4 rings (SSSR count). The Morgan fingerprint density at radius 3 is 2.12 bits per heavy atom. The summed E-state index contributed by atoms with van der Waals surface area (Å²) in [6, 6.07) is 1.48. The molecule has 0 aromatic rings. The summed E-state index contributed by atoms with van der Waals surface area (Å²) in [7, 11) is 1.93. The second-order valence-corrected chi connectivity index (χ2v) is 9.04. The minimum Gasteiger partial charge on any atom is -0.356 e. The lowest BCUT2D eigenvalue weighted by Crippen LogP contribution is -2.51. The fraction of sp³-hybridized carbons (Fsp3) is 0.952. The van der Waals surface area contributed by atoms with Crippen molar-refractivity contribution in [2.75, 3.05) is 26.7 Å². The van der Waals surface area contributed by atoms with Crippen LogP contribution in [0.1, 0.15) is 70.6 Å². The van der Waals surface area contributed by atoms with Gasteiger partial charge in [0, 0.05) is 38.8 Å². The van der Waals surface area contributed by atoms with E-state index in [1.807, 2.05) is 7.05 Å². The number of likely N-dealkylation sites (tertiary alicyclic amines) is 1. The Labute approximate surface area is 154 Å². The van der Waals surface area contributed by atoms with Crippen LogP contribution in [0.5, 0.6) is 0 Å². The van der Waals surface area contributed by atoms with Gasteiger partial charge in [0.25, 0.3) is 0 Å². The third-order valence-electron chi connectivity index (χ3n) is 7.15. The van der Waals surface area contributed by atoms with E-state index in [4.69, 9.17) is 0 Å². The summed E-state index contributed by atoms with van der Waals surface area (Å²) in [5.74, 6) is 3.97. The minimum absolute atomic E-state index is 0.603. The van der Waals surface area contributed by atoms with E-state index in [0.717, 1.165) is 36.3 Å². The molecule has 0 aromatic heterocycles. The highest BCUT2D eigenvalue weighted by Gasteiger charge is 2.41. The van der Waals surface area contributed by atoms with E-state index in [1.165, 1.54) is 83.7 Å². The van der Waals surface area contributed by atoms with Crippen molar-refractivity contribution in [2.24, 2.45) is 22.7 Å². The third kappa shape index (κ3) is 4.90. The van der Waals surface area contributed by atoms with Crippen LogP contribution >= 0.6 is 0 Å². The van der Waals surface area contributed by atoms with Gasteiger partial charge in [0.1, 0.15) is 0 Å². The lowest BCUT2D eigenvalue weighted by Gasteiger charge is -2.39. The van der Waals surface area contributed by atoms with Gasteiger partial charge in [0.15, 0.2) is 5.96 Å². The van der Waals surface area contributed by atoms with Gasteiger partial charge in [0.2, 0.25) is 0 Å². The average Bonchev–Trinajstić information content (AvgIpc) is 3.56. The summed E-state index contributed by atoms with van der Waals surface area (Å²) < 4.78 is 0. The van der Waals surface area contributed by atoms with E-state index in [2.05, 4.69) is 20.5 Å². The van der Waals surface area contributed by atoms with Crippen LogP contribution in [0.15, 0.2) is 4.99 Å². The van der Waals surface area contributed by atoms with Crippen molar-refractivity contribution in [1.29, 1.82) is 0 Å². The first kappa shape index (κ1) is 17.6. The van der Waals surface area contributed by atoms with Gasteiger partial charge >= 0.3 is 0 Å². The number of nitrogens with zero attached hydrogens (tertiary/aromatic N) is 2. The Balaban J connectivity index is 1.18. The second kappa shape index (κ2) is 8.28. The first-order chi connectivity index (χ1) is 12.3. The maximum Gasteiger partial charge on any atom is 0.191 e. The molecule has 25 heavy (non-hydrogen) atoms. The molecule has 0 bridgehead atoms. The Morgan fingerprint density at radius 2 is 1.56 bits per heavy atom.